The molecule has 3 heteroatoms. The minimum atomic E-state index is -2.19. The average molecular weight is 406 g/mol. The smallest absolute Gasteiger partial charge is 0.0622 e. The Morgan fingerprint density at radius 1 is 0.444 bits per heavy atom. The molecule has 0 fully saturated rings. The van der Waals surface area contributed by atoms with Crippen molar-refractivity contribution in [3.8, 4) is 0 Å². The third-order valence-electron chi connectivity index (χ3n) is 4.47. The molecule has 0 saturated heterocycles. The summed E-state index contributed by atoms with van der Waals surface area (Å²) in [4.78, 5) is 0. The second-order valence-corrected chi connectivity index (χ2v) is 15.2. The summed E-state index contributed by atoms with van der Waals surface area (Å²) in [7, 11) is -0.772. The van der Waals surface area contributed by atoms with Gasteiger partial charge in [-0.05, 0) is 24.3 Å². The minimum Gasteiger partial charge on any atom is -0.0622 e. The molecule has 4 aromatic carbocycles. The summed E-state index contributed by atoms with van der Waals surface area (Å²) < 4.78 is 0. The maximum atomic E-state index is 7.77. The van der Waals surface area contributed by atoms with Crippen molar-refractivity contribution in [1.29, 1.82) is 0 Å². The van der Waals surface area contributed by atoms with E-state index in [2.05, 4.69) is 121 Å². The van der Waals surface area contributed by atoms with Crippen LogP contribution in [0, 0.1) is 0 Å². The van der Waals surface area contributed by atoms with Crippen LogP contribution in [0.1, 0.15) is 0 Å². The first-order valence-corrected chi connectivity index (χ1v) is 13.6. The Hall–Kier alpha value is -1.97. The summed E-state index contributed by atoms with van der Waals surface area (Å²) in [6, 6.07) is 42.8. The summed E-state index contributed by atoms with van der Waals surface area (Å²) in [5.41, 5.74) is 0. The highest BCUT2D eigenvalue weighted by Crippen LogP contribution is 2.84. The van der Waals surface area contributed by atoms with E-state index in [1.807, 2.05) is 0 Å². The highest BCUT2D eigenvalue weighted by atomic mass is 35.7. The molecule has 0 spiro atoms. The normalized spacial score (nSPS) is 11.5. The zero-order valence-electron chi connectivity index (χ0n) is 14.8. The van der Waals surface area contributed by atoms with Gasteiger partial charge in [0, 0.05) is 10.6 Å². The van der Waals surface area contributed by atoms with Crippen LogP contribution in [0.4, 0.5) is 0 Å². The SMILES string of the molecule is Cl[P+](c1ccccc1)(c1ccccc1)P(c1ccccc1)c1ccccc1. The van der Waals surface area contributed by atoms with Crippen molar-refractivity contribution in [3.05, 3.63) is 121 Å². The number of benzene rings is 4. The van der Waals surface area contributed by atoms with E-state index in [1.54, 1.807) is 0 Å². The summed E-state index contributed by atoms with van der Waals surface area (Å²) in [5.74, 6) is 0. The van der Waals surface area contributed by atoms with Gasteiger partial charge in [0.2, 0.25) is 6.30 Å². The lowest BCUT2D eigenvalue weighted by Crippen LogP contribution is -2.24. The quantitative estimate of drug-likeness (QED) is 0.365. The van der Waals surface area contributed by atoms with Crippen molar-refractivity contribution in [3.63, 3.8) is 0 Å². The van der Waals surface area contributed by atoms with E-state index in [9.17, 15) is 0 Å². The first-order chi connectivity index (χ1) is 13.3. The molecule has 0 aliphatic rings. The van der Waals surface area contributed by atoms with E-state index in [4.69, 9.17) is 11.2 Å². The van der Waals surface area contributed by atoms with Crippen LogP contribution in [-0.4, -0.2) is 0 Å². The Labute approximate surface area is 167 Å². The maximum absolute atomic E-state index is 7.77. The standard InChI is InChI=1S/C24H20ClP2/c25-27(23-17-9-3-10-18-23,24-19-11-4-12-20-24)26(21-13-5-1-6-14-21)22-15-7-2-8-16-22/h1-20H/q+1. The van der Waals surface area contributed by atoms with Gasteiger partial charge in [-0.1, -0.05) is 97.1 Å². The molecule has 0 heterocycles. The highest BCUT2D eigenvalue weighted by Gasteiger charge is 2.52. The van der Waals surface area contributed by atoms with Gasteiger partial charge in [0.15, 0.2) is 0 Å². The van der Waals surface area contributed by atoms with Crippen molar-refractivity contribution in [2.75, 3.05) is 0 Å². The van der Waals surface area contributed by atoms with Crippen LogP contribution >= 0.6 is 25.2 Å². The predicted molar refractivity (Wildman–Crippen MR) is 124 cm³/mol. The van der Waals surface area contributed by atoms with Gasteiger partial charge in [0.25, 0.3) is 0 Å². The molecular weight excluding hydrogens is 386 g/mol. The molecule has 4 aromatic rings. The molecule has 0 aliphatic heterocycles. The van der Waals surface area contributed by atoms with Gasteiger partial charge < -0.3 is 0 Å². The first-order valence-electron chi connectivity index (χ1n) is 8.91. The largest absolute Gasteiger partial charge is 0.204 e. The summed E-state index contributed by atoms with van der Waals surface area (Å²) in [6.45, 7) is 0. The molecule has 0 amide bonds. The van der Waals surface area contributed by atoms with Gasteiger partial charge in [-0.25, -0.2) is 0 Å². The molecule has 0 nitrogen and oxygen atoms in total. The Balaban J connectivity index is 2.01. The lowest BCUT2D eigenvalue weighted by molar-refractivity contribution is 1.75. The topological polar surface area (TPSA) is 0 Å². The van der Waals surface area contributed by atoms with Gasteiger partial charge >= 0.3 is 0 Å². The molecule has 0 N–H and O–H groups in total. The number of halogens is 1. The fraction of sp³-hybridized carbons (Fsp3) is 0. The Bertz CT molecular complexity index is 895. The molecule has 0 saturated carbocycles. The summed E-state index contributed by atoms with van der Waals surface area (Å²) >= 11 is 7.77. The van der Waals surface area contributed by atoms with Crippen LogP contribution in [-0.2, 0) is 0 Å². The highest BCUT2D eigenvalue weighted by molar-refractivity contribution is 8.59. The van der Waals surface area contributed by atoms with Crippen LogP contribution in [0.3, 0.4) is 0 Å². The molecule has 0 radical (unpaired) electrons. The number of hydrogen-bond acceptors (Lipinski definition) is 0. The summed E-state index contributed by atoms with van der Waals surface area (Å²) in [5, 5.41) is 5.10. The lowest BCUT2D eigenvalue weighted by atomic mass is 10.4. The van der Waals surface area contributed by atoms with Crippen molar-refractivity contribution >= 4 is 46.4 Å². The Kier molecular flexibility index (Phi) is 5.70. The minimum absolute atomic E-state index is 0.772. The maximum Gasteiger partial charge on any atom is 0.204 e. The van der Waals surface area contributed by atoms with Crippen LogP contribution in [0.5, 0.6) is 0 Å². The van der Waals surface area contributed by atoms with Crippen LogP contribution in [0.15, 0.2) is 121 Å². The van der Waals surface area contributed by atoms with E-state index in [1.165, 1.54) is 21.2 Å². The van der Waals surface area contributed by atoms with Gasteiger partial charge in [-0.2, -0.15) is 0 Å². The van der Waals surface area contributed by atoms with E-state index < -0.39 is 13.9 Å². The molecule has 0 bridgehead atoms. The van der Waals surface area contributed by atoms with Crippen molar-refractivity contribution in [2.45, 2.75) is 0 Å². The number of hydrogen-bond donors (Lipinski definition) is 0. The van der Waals surface area contributed by atoms with E-state index in [0.717, 1.165) is 0 Å². The predicted octanol–water partition coefficient (Wildman–Crippen LogP) is 5.86. The molecule has 0 unspecified atom stereocenters. The van der Waals surface area contributed by atoms with Crippen molar-refractivity contribution < 1.29 is 0 Å². The second-order valence-electron chi connectivity index (χ2n) is 6.21. The molecular formula is C24H20ClP2+. The van der Waals surface area contributed by atoms with Gasteiger partial charge in [0.05, 0.1) is 0 Å². The van der Waals surface area contributed by atoms with E-state index in [0.29, 0.717) is 0 Å². The zero-order chi connectivity index (χ0) is 18.5. The third kappa shape index (κ3) is 3.71. The molecule has 27 heavy (non-hydrogen) atoms. The molecule has 0 aliphatic carbocycles. The molecule has 0 aromatic heterocycles. The third-order valence-corrected chi connectivity index (χ3v) is 15.5. The average Bonchev–Trinajstić information content (AvgIpc) is 2.76. The van der Waals surface area contributed by atoms with E-state index >= 15 is 0 Å². The fourth-order valence-electron chi connectivity index (χ4n) is 3.24. The Morgan fingerprint density at radius 3 is 1.07 bits per heavy atom. The fourth-order valence-corrected chi connectivity index (χ4v) is 14.1. The van der Waals surface area contributed by atoms with Crippen molar-refractivity contribution in [2.24, 2.45) is 0 Å². The monoisotopic (exact) mass is 405 g/mol. The van der Waals surface area contributed by atoms with Crippen LogP contribution in [0.2, 0.25) is 0 Å². The molecule has 132 valence electrons. The van der Waals surface area contributed by atoms with Crippen LogP contribution in [0.25, 0.3) is 0 Å². The molecule has 0 atom stereocenters. The second kappa shape index (κ2) is 8.37. The summed E-state index contributed by atoms with van der Waals surface area (Å²) in [6.07, 6.45) is -2.19. The van der Waals surface area contributed by atoms with Gasteiger partial charge in [-0.15, -0.1) is 0 Å². The van der Waals surface area contributed by atoms with E-state index in [-0.39, 0.29) is 0 Å². The van der Waals surface area contributed by atoms with Gasteiger partial charge in [0.1, 0.15) is 29.5 Å². The molecule has 4 rings (SSSR count). The van der Waals surface area contributed by atoms with Gasteiger partial charge in [-0.3, -0.25) is 0 Å². The first kappa shape index (κ1) is 18.4. The number of rotatable bonds is 5. The van der Waals surface area contributed by atoms with Crippen LogP contribution < -0.4 is 21.2 Å². The lowest BCUT2D eigenvalue weighted by Gasteiger charge is -2.28. The Morgan fingerprint density at radius 2 is 0.741 bits per heavy atom. The zero-order valence-corrected chi connectivity index (χ0v) is 17.4. The van der Waals surface area contributed by atoms with Crippen molar-refractivity contribution in [1.82, 2.24) is 0 Å².